The van der Waals surface area contributed by atoms with Gasteiger partial charge in [0, 0.05) is 24.9 Å². The summed E-state index contributed by atoms with van der Waals surface area (Å²) in [6.07, 6.45) is 2.07. The van der Waals surface area contributed by atoms with Crippen LogP contribution in [0.4, 0.5) is 17.8 Å². The molecule has 1 unspecified atom stereocenters. The first kappa shape index (κ1) is 14.8. The second kappa shape index (κ2) is 7.25. The first-order valence-electron chi connectivity index (χ1n) is 6.12. The second-order valence-electron chi connectivity index (χ2n) is 3.99. The Labute approximate surface area is 113 Å². The van der Waals surface area contributed by atoms with Gasteiger partial charge in [0.15, 0.2) is 0 Å². The minimum Gasteiger partial charge on any atom is -0.368 e. The Balaban J connectivity index is 2.86. The van der Waals surface area contributed by atoms with Gasteiger partial charge >= 0.3 is 0 Å². The van der Waals surface area contributed by atoms with Crippen LogP contribution in [0.15, 0.2) is 0 Å². The van der Waals surface area contributed by atoms with Gasteiger partial charge in [-0.25, -0.2) is 0 Å². The maximum absolute atomic E-state index is 5.72. The Morgan fingerprint density at radius 3 is 2.50 bits per heavy atom. The highest BCUT2D eigenvalue weighted by Gasteiger charge is 2.11. The van der Waals surface area contributed by atoms with Crippen molar-refractivity contribution in [3.8, 4) is 0 Å². The van der Waals surface area contributed by atoms with Gasteiger partial charge in [-0.05, 0) is 27.0 Å². The molecular formula is C11H22N6S. The van der Waals surface area contributed by atoms with Crippen molar-refractivity contribution < 1.29 is 0 Å². The SMILES string of the molecule is CCN(CC)c1nc(N)nc(NC(C)CSC)n1. The maximum Gasteiger partial charge on any atom is 0.231 e. The molecule has 1 aromatic rings. The quantitative estimate of drug-likeness (QED) is 0.776. The van der Waals surface area contributed by atoms with E-state index in [1.165, 1.54) is 0 Å². The first-order valence-corrected chi connectivity index (χ1v) is 7.52. The van der Waals surface area contributed by atoms with Crippen LogP contribution in [0.2, 0.25) is 0 Å². The molecule has 6 nitrogen and oxygen atoms in total. The molecule has 0 saturated carbocycles. The average Bonchev–Trinajstić information content (AvgIpc) is 2.30. The summed E-state index contributed by atoms with van der Waals surface area (Å²) in [7, 11) is 0. The molecule has 0 aliphatic rings. The molecular weight excluding hydrogens is 248 g/mol. The van der Waals surface area contributed by atoms with Crippen LogP contribution in [0, 0.1) is 0 Å². The molecule has 1 heterocycles. The Hall–Kier alpha value is -1.24. The third kappa shape index (κ3) is 4.21. The van der Waals surface area contributed by atoms with Crippen LogP contribution in [0.5, 0.6) is 0 Å². The van der Waals surface area contributed by atoms with E-state index in [9.17, 15) is 0 Å². The van der Waals surface area contributed by atoms with Gasteiger partial charge in [-0.2, -0.15) is 26.7 Å². The van der Waals surface area contributed by atoms with Crippen molar-refractivity contribution >= 4 is 29.6 Å². The van der Waals surface area contributed by atoms with E-state index in [4.69, 9.17) is 5.73 Å². The maximum atomic E-state index is 5.72. The molecule has 1 aromatic heterocycles. The van der Waals surface area contributed by atoms with Crippen LogP contribution in [0.1, 0.15) is 20.8 Å². The summed E-state index contributed by atoms with van der Waals surface area (Å²) >= 11 is 1.78. The van der Waals surface area contributed by atoms with Gasteiger partial charge in [0.05, 0.1) is 0 Å². The number of nitrogen functional groups attached to an aromatic ring is 1. The van der Waals surface area contributed by atoms with Crippen LogP contribution >= 0.6 is 11.8 Å². The van der Waals surface area contributed by atoms with Crippen LogP contribution in [0.25, 0.3) is 0 Å². The molecule has 0 radical (unpaired) electrons. The second-order valence-corrected chi connectivity index (χ2v) is 4.90. The van der Waals surface area contributed by atoms with Gasteiger partial charge in [0.25, 0.3) is 0 Å². The Bertz CT molecular complexity index is 369. The lowest BCUT2D eigenvalue weighted by Crippen LogP contribution is -2.26. The van der Waals surface area contributed by atoms with Crippen molar-refractivity contribution in [2.24, 2.45) is 0 Å². The predicted octanol–water partition coefficient (Wildman–Crippen LogP) is 1.46. The molecule has 1 rings (SSSR count). The number of nitrogens with two attached hydrogens (primary N) is 1. The Morgan fingerprint density at radius 1 is 1.28 bits per heavy atom. The number of nitrogens with zero attached hydrogens (tertiary/aromatic N) is 4. The van der Waals surface area contributed by atoms with Gasteiger partial charge in [0.1, 0.15) is 0 Å². The lowest BCUT2D eigenvalue weighted by molar-refractivity contribution is 0.807. The lowest BCUT2D eigenvalue weighted by Gasteiger charge is -2.20. The molecule has 3 N–H and O–H groups in total. The molecule has 0 aliphatic carbocycles. The Kier molecular flexibility index (Phi) is 5.97. The van der Waals surface area contributed by atoms with E-state index in [1.54, 1.807) is 11.8 Å². The van der Waals surface area contributed by atoms with Crippen molar-refractivity contribution in [1.82, 2.24) is 15.0 Å². The molecule has 0 bridgehead atoms. The fourth-order valence-electron chi connectivity index (χ4n) is 1.61. The molecule has 0 amide bonds. The molecule has 0 fully saturated rings. The first-order chi connectivity index (χ1) is 8.60. The van der Waals surface area contributed by atoms with E-state index >= 15 is 0 Å². The summed E-state index contributed by atoms with van der Waals surface area (Å²) in [5.41, 5.74) is 5.72. The highest BCUT2D eigenvalue weighted by molar-refractivity contribution is 7.98. The summed E-state index contributed by atoms with van der Waals surface area (Å²) in [5.74, 6) is 2.43. The van der Waals surface area contributed by atoms with Crippen LogP contribution < -0.4 is 16.0 Å². The molecule has 18 heavy (non-hydrogen) atoms. The lowest BCUT2D eigenvalue weighted by atomic mass is 10.4. The number of anilines is 3. The predicted molar refractivity (Wildman–Crippen MR) is 79.3 cm³/mol. The third-order valence-electron chi connectivity index (χ3n) is 2.48. The highest BCUT2D eigenvalue weighted by atomic mass is 32.2. The third-order valence-corrected chi connectivity index (χ3v) is 3.31. The van der Waals surface area contributed by atoms with Crippen molar-refractivity contribution in [1.29, 1.82) is 0 Å². The van der Waals surface area contributed by atoms with Crippen LogP contribution in [0.3, 0.4) is 0 Å². The number of hydrogen-bond acceptors (Lipinski definition) is 7. The summed E-state index contributed by atoms with van der Waals surface area (Å²) in [5, 5.41) is 3.24. The summed E-state index contributed by atoms with van der Waals surface area (Å²) < 4.78 is 0. The smallest absolute Gasteiger partial charge is 0.231 e. The fourth-order valence-corrected chi connectivity index (χ4v) is 2.19. The molecule has 7 heteroatoms. The number of rotatable bonds is 7. The van der Waals surface area contributed by atoms with E-state index in [2.05, 4.69) is 47.3 Å². The van der Waals surface area contributed by atoms with E-state index in [0.717, 1.165) is 18.8 Å². The number of nitrogens with one attached hydrogen (secondary N) is 1. The molecule has 102 valence electrons. The zero-order valence-electron chi connectivity index (χ0n) is 11.5. The van der Waals surface area contributed by atoms with Gasteiger partial charge in [-0.3, -0.25) is 0 Å². The molecule has 1 atom stereocenters. The molecule has 0 saturated heterocycles. The van der Waals surface area contributed by atoms with Gasteiger partial charge in [-0.1, -0.05) is 0 Å². The van der Waals surface area contributed by atoms with Gasteiger partial charge in [0.2, 0.25) is 17.8 Å². The van der Waals surface area contributed by atoms with E-state index in [1.807, 2.05) is 4.90 Å². The van der Waals surface area contributed by atoms with Gasteiger partial charge in [-0.15, -0.1) is 0 Å². The fraction of sp³-hybridized carbons (Fsp3) is 0.727. The van der Waals surface area contributed by atoms with Crippen molar-refractivity contribution in [3.63, 3.8) is 0 Å². The van der Waals surface area contributed by atoms with E-state index < -0.39 is 0 Å². The average molecular weight is 270 g/mol. The largest absolute Gasteiger partial charge is 0.368 e. The normalized spacial score (nSPS) is 12.2. The topological polar surface area (TPSA) is 80.0 Å². The minimum absolute atomic E-state index is 0.255. The summed E-state index contributed by atoms with van der Waals surface area (Å²) in [6.45, 7) is 7.91. The Morgan fingerprint density at radius 2 is 1.94 bits per heavy atom. The van der Waals surface area contributed by atoms with Crippen molar-refractivity contribution in [2.45, 2.75) is 26.8 Å². The monoisotopic (exact) mass is 270 g/mol. The summed E-state index contributed by atoms with van der Waals surface area (Å²) in [4.78, 5) is 14.7. The van der Waals surface area contributed by atoms with Crippen molar-refractivity contribution in [2.75, 3.05) is 41.0 Å². The van der Waals surface area contributed by atoms with E-state index in [0.29, 0.717) is 17.9 Å². The zero-order valence-corrected chi connectivity index (χ0v) is 12.3. The molecule has 0 spiro atoms. The molecule has 0 aromatic carbocycles. The van der Waals surface area contributed by atoms with Crippen molar-refractivity contribution in [3.05, 3.63) is 0 Å². The molecule has 0 aliphatic heterocycles. The van der Waals surface area contributed by atoms with Crippen LogP contribution in [-0.2, 0) is 0 Å². The number of thioether (sulfide) groups is 1. The summed E-state index contributed by atoms with van der Waals surface area (Å²) in [6, 6.07) is 0.298. The number of hydrogen-bond donors (Lipinski definition) is 2. The van der Waals surface area contributed by atoms with E-state index in [-0.39, 0.29) is 5.95 Å². The number of aromatic nitrogens is 3. The highest BCUT2D eigenvalue weighted by Crippen LogP contribution is 2.13. The van der Waals surface area contributed by atoms with Crippen LogP contribution in [-0.4, -0.2) is 46.1 Å². The van der Waals surface area contributed by atoms with Gasteiger partial charge < -0.3 is 16.0 Å². The zero-order chi connectivity index (χ0) is 13.5. The standard InChI is InChI=1S/C11H22N6S/c1-5-17(6-2)11-15-9(12)14-10(16-11)13-8(3)7-18-4/h8H,5-7H2,1-4H3,(H3,12,13,14,15,16). The minimum atomic E-state index is 0.255.